The van der Waals surface area contributed by atoms with Crippen LogP contribution in [0.1, 0.15) is 30.4 Å². The van der Waals surface area contributed by atoms with Gasteiger partial charge in [-0.15, -0.1) is 0 Å². The van der Waals surface area contributed by atoms with Crippen molar-refractivity contribution in [2.75, 3.05) is 0 Å². The monoisotopic (exact) mass is 207 g/mol. The van der Waals surface area contributed by atoms with Crippen LogP contribution in [0.25, 0.3) is 0 Å². The Kier molecular flexibility index (Phi) is 1.71. The first-order valence-electron chi connectivity index (χ1n) is 5.27. The summed E-state index contributed by atoms with van der Waals surface area (Å²) < 4.78 is 0. The highest BCUT2D eigenvalue weighted by Gasteiger charge is 2.51. The number of hydrogen-bond acceptors (Lipinski definition) is 1. The van der Waals surface area contributed by atoms with Crippen LogP contribution in [-0.4, -0.2) is 6.04 Å². The lowest BCUT2D eigenvalue weighted by Crippen LogP contribution is -2.39. The van der Waals surface area contributed by atoms with Crippen molar-refractivity contribution in [2.45, 2.75) is 37.1 Å². The zero-order valence-corrected chi connectivity index (χ0v) is 8.85. The van der Waals surface area contributed by atoms with Crippen molar-refractivity contribution >= 4 is 11.6 Å². The molecule has 1 nitrogen and oxygen atoms in total. The van der Waals surface area contributed by atoms with Gasteiger partial charge in [-0.3, -0.25) is 0 Å². The summed E-state index contributed by atoms with van der Waals surface area (Å²) in [5, 5.41) is 0.851. The molecule has 1 aromatic rings. The molecule has 74 valence electrons. The van der Waals surface area contributed by atoms with Gasteiger partial charge in [0.25, 0.3) is 0 Å². The molecule has 0 heterocycles. The number of hydrogen-bond donors (Lipinski definition) is 1. The number of rotatable bonds is 0. The number of aryl methyl sites for hydroxylation is 1. The van der Waals surface area contributed by atoms with E-state index in [1.807, 2.05) is 6.07 Å². The van der Waals surface area contributed by atoms with Crippen LogP contribution in [0.4, 0.5) is 0 Å². The second-order valence-corrected chi connectivity index (χ2v) is 5.04. The molecule has 0 bridgehead atoms. The largest absolute Gasteiger partial charge is 0.327 e. The van der Waals surface area contributed by atoms with Crippen molar-refractivity contribution in [2.24, 2.45) is 5.73 Å². The lowest BCUT2D eigenvalue weighted by atomic mass is 9.77. The first kappa shape index (κ1) is 8.75. The SMILES string of the molecule is NC1CCc2ccc(Cl)cc2C12CC2. The average Bonchev–Trinajstić information content (AvgIpc) is 2.94. The second-order valence-electron chi connectivity index (χ2n) is 4.60. The molecule has 1 aromatic carbocycles. The van der Waals surface area contributed by atoms with Crippen molar-refractivity contribution < 1.29 is 0 Å². The zero-order chi connectivity index (χ0) is 9.76. The smallest absolute Gasteiger partial charge is 0.0409 e. The van der Waals surface area contributed by atoms with Gasteiger partial charge >= 0.3 is 0 Å². The summed E-state index contributed by atoms with van der Waals surface area (Å²) in [6, 6.07) is 6.65. The Labute approximate surface area is 89.3 Å². The van der Waals surface area contributed by atoms with Gasteiger partial charge in [-0.1, -0.05) is 17.7 Å². The van der Waals surface area contributed by atoms with Crippen molar-refractivity contribution in [3.05, 3.63) is 34.3 Å². The summed E-state index contributed by atoms with van der Waals surface area (Å²) >= 11 is 6.04. The zero-order valence-electron chi connectivity index (χ0n) is 8.09. The van der Waals surface area contributed by atoms with Crippen molar-refractivity contribution in [3.8, 4) is 0 Å². The van der Waals surface area contributed by atoms with E-state index in [2.05, 4.69) is 12.1 Å². The van der Waals surface area contributed by atoms with Crippen LogP contribution in [-0.2, 0) is 11.8 Å². The second kappa shape index (κ2) is 2.74. The summed E-state index contributed by atoms with van der Waals surface area (Å²) in [5.41, 5.74) is 9.40. The van der Waals surface area contributed by atoms with Gasteiger partial charge in [-0.25, -0.2) is 0 Å². The molecule has 1 spiro atoms. The molecular formula is C12H14ClN. The third-order valence-corrected chi connectivity index (χ3v) is 4.07. The number of benzene rings is 1. The lowest BCUT2D eigenvalue weighted by molar-refractivity contribution is 0.454. The molecule has 1 atom stereocenters. The molecule has 2 N–H and O–H groups in total. The molecule has 2 aliphatic rings. The fraction of sp³-hybridized carbons (Fsp3) is 0.500. The Morgan fingerprint density at radius 1 is 1.36 bits per heavy atom. The van der Waals surface area contributed by atoms with Crippen LogP contribution < -0.4 is 5.73 Å². The van der Waals surface area contributed by atoms with E-state index in [-0.39, 0.29) is 0 Å². The highest BCUT2D eigenvalue weighted by molar-refractivity contribution is 6.30. The minimum absolute atomic E-state index is 0.304. The standard InChI is InChI=1S/C12H14ClN/c13-9-3-1-8-2-4-11(14)12(5-6-12)10(8)7-9/h1,3,7,11H,2,4-6,14H2. The van der Waals surface area contributed by atoms with Crippen LogP contribution in [0.3, 0.4) is 0 Å². The fourth-order valence-electron chi connectivity index (χ4n) is 2.79. The van der Waals surface area contributed by atoms with E-state index in [1.54, 1.807) is 0 Å². The molecule has 3 rings (SSSR count). The quantitative estimate of drug-likeness (QED) is 0.696. The molecule has 1 saturated carbocycles. The van der Waals surface area contributed by atoms with E-state index >= 15 is 0 Å². The Balaban J connectivity index is 2.16. The molecule has 2 heteroatoms. The van der Waals surface area contributed by atoms with Gasteiger partial charge in [0.15, 0.2) is 0 Å². The molecule has 0 aromatic heterocycles. The summed E-state index contributed by atoms with van der Waals surface area (Å²) in [4.78, 5) is 0. The molecule has 1 fully saturated rings. The van der Waals surface area contributed by atoms with Gasteiger partial charge in [0, 0.05) is 16.5 Å². The van der Waals surface area contributed by atoms with E-state index < -0.39 is 0 Å². The summed E-state index contributed by atoms with van der Waals surface area (Å²) in [6.45, 7) is 0. The highest BCUT2D eigenvalue weighted by Crippen LogP contribution is 2.55. The molecule has 1 unspecified atom stereocenters. The van der Waals surface area contributed by atoms with Crippen LogP contribution >= 0.6 is 11.6 Å². The van der Waals surface area contributed by atoms with Gasteiger partial charge in [0.2, 0.25) is 0 Å². The van der Waals surface area contributed by atoms with E-state index in [0.29, 0.717) is 11.5 Å². The number of nitrogens with two attached hydrogens (primary N) is 1. The van der Waals surface area contributed by atoms with Crippen LogP contribution in [0.5, 0.6) is 0 Å². The van der Waals surface area contributed by atoms with E-state index in [0.717, 1.165) is 17.9 Å². The Hall–Kier alpha value is -0.530. The summed E-state index contributed by atoms with van der Waals surface area (Å²) in [7, 11) is 0. The molecule has 0 radical (unpaired) electrons. The number of halogens is 1. The first-order valence-corrected chi connectivity index (χ1v) is 5.65. The van der Waals surface area contributed by atoms with Crippen molar-refractivity contribution in [1.29, 1.82) is 0 Å². The van der Waals surface area contributed by atoms with Crippen LogP contribution in [0, 0.1) is 0 Å². The normalized spacial score (nSPS) is 27.4. The van der Waals surface area contributed by atoms with Gasteiger partial charge in [-0.05, 0) is 48.9 Å². The van der Waals surface area contributed by atoms with E-state index in [1.165, 1.54) is 24.0 Å². The minimum atomic E-state index is 0.304. The summed E-state index contributed by atoms with van der Waals surface area (Å²) in [6.07, 6.45) is 4.76. The lowest BCUT2D eigenvalue weighted by Gasteiger charge is -2.31. The van der Waals surface area contributed by atoms with Crippen LogP contribution in [0.2, 0.25) is 5.02 Å². The van der Waals surface area contributed by atoms with Crippen molar-refractivity contribution in [1.82, 2.24) is 0 Å². The van der Waals surface area contributed by atoms with E-state index in [9.17, 15) is 0 Å². The minimum Gasteiger partial charge on any atom is -0.327 e. The van der Waals surface area contributed by atoms with Gasteiger partial charge < -0.3 is 5.73 Å². The maximum absolute atomic E-state index is 6.20. The predicted molar refractivity (Wildman–Crippen MR) is 58.7 cm³/mol. The molecule has 0 amide bonds. The molecule has 2 aliphatic carbocycles. The average molecular weight is 208 g/mol. The Morgan fingerprint density at radius 2 is 2.14 bits per heavy atom. The van der Waals surface area contributed by atoms with Gasteiger partial charge in [-0.2, -0.15) is 0 Å². The Morgan fingerprint density at radius 3 is 2.86 bits per heavy atom. The molecular weight excluding hydrogens is 194 g/mol. The molecule has 0 saturated heterocycles. The third kappa shape index (κ3) is 1.06. The summed E-state index contributed by atoms with van der Waals surface area (Å²) in [5.74, 6) is 0. The number of fused-ring (bicyclic) bond motifs is 2. The maximum atomic E-state index is 6.20. The van der Waals surface area contributed by atoms with Gasteiger partial charge in [0.05, 0.1) is 0 Å². The Bertz CT molecular complexity index is 382. The first-order chi connectivity index (χ1) is 6.72. The predicted octanol–water partition coefficient (Wildman–Crippen LogP) is 2.65. The van der Waals surface area contributed by atoms with Crippen LogP contribution in [0.15, 0.2) is 18.2 Å². The van der Waals surface area contributed by atoms with E-state index in [4.69, 9.17) is 17.3 Å². The van der Waals surface area contributed by atoms with Crippen molar-refractivity contribution in [3.63, 3.8) is 0 Å². The maximum Gasteiger partial charge on any atom is 0.0409 e. The van der Waals surface area contributed by atoms with Gasteiger partial charge in [0.1, 0.15) is 0 Å². The fourth-order valence-corrected chi connectivity index (χ4v) is 2.96. The topological polar surface area (TPSA) is 26.0 Å². The highest BCUT2D eigenvalue weighted by atomic mass is 35.5. The molecule has 14 heavy (non-hydrogen) atoms. The molecule has 0 aliphatic heterocycles. The third-order valence-electron chi connectivity index (χ3n) is 3.83.